The normalized spacial score (nSPS) is 13.7. The average Bonchev–Trinajstić information content (AvgIpc) is 3.13. The molecular weight excluding hydrogens is 631 g/mol. The minimum Gasteiger partial charge on any atom is -0.394 e. The first-order chi connectivity index (χ1) is 25.1. The van der Waals surface area contributed by atoms with Gasteiger partial charge in [0.2, 0.25) is 5.91 Å². The summed E-state index contributed by atoms with van der Waals surface area (Å²) < 4.78 is 0. The summed E-state index contributed by atoms with van der Waals surface area (Å²) in [4.78, 5) is 12.4. The summed E-state index contributed by atoms with van der Waals surface area (Å²) in [5.74, 6) is -0.210. The van der Waals surface area contributed by atoms with E-state index in [1.54, 1.807) is 0 Å². The highest BCUT2D eigenvalue weighted by molar-refractivity contribution is 5.76. The van der Waals surface area contributed by atoms with E-state index < -0.39 is 18.2 Å². The summed E-state index contributed by atoms with van der Waals surface area (Å²) in [7, 11) is 0. The van der Waals surface area contributed by atoms with Crippen molar-refractivity contribution >= 4 is 5.91 Å². The van der Waals surface area contributed by atoms with Crippen molar-refractivity contribution in [3.8, 4) is 0 Å². The van der Waals surface area contributed by atoms with Crippen LogP contribution in [0.4, 0.5) is 0 Å². The molecule has 302 valence electrons. The SMILES string of the molecule is CCCCCCCC/C=C\C/C=C\CCC(=O)NC(CO)C(O)C(O)CCCCCCCCCCCCCCCCCCCCCCCCCC. The summed E-state index contributed by atoms with van der Waals surface area (Å²) in [6.07, 6.45) is 50.2. The maximum atomic E-state index is 12.4. The Morgan fingerprint density at radius 1 is 0.490 bits per heavy atom. The molecule has 5 heteroatoms. The van der Waals surface area contributed by atoms with Crippen LogP contribution in [0.1, 0.15) is 239 Å². The van der Waals surface area contributed by atoms with Crippen molar-refractivity contribution in [3.63, 3.8) is 0 Å². The molecule has 0 radical (unpaired) electrons. The molecule has 0 aliphatic carbocycles. The predicted octanol–water partition coefficient (Wildman–Crippen LogP) is 13.0. The van der Waals surface area contributed by atoms with E-state index in [9.17, 15) is 20.1 Å². The van der Waals surface area contributed by atoms with Crippen molar-refractivity contribution in [2.45, 2.75) is 257 Å². The van der Waals surface area contributed by atoms with Crippen LogP contribution in [0.5, 0.6) is 0 Å². The van der Waals surface area contributed by atoms with Crippen LogP contribution >= 0.6 is 0 Å². The predicted molar refractivity (Wildman–Crippen MR) is 222 cm³/mol. The summed E-state index contributed by atoms with van der Waals surface area (Å²) in [5, 5.41) is 33.5. The Bertz CT molecular complexity index is 754. The van der Waals surface area contributed by atoms with Gasteiger partial charge in [-0.2, -0.15) is 0 Å². The van der Waals surface area contributed by atoms with E-state index in [2.05, 4.69) is 37.4 Å². The van der Waals surface area contributed by atoms with Gasteiger partial charge in [0.25, 0.3) is 0 Å². The lowest BCUT2D eigenvalue weighted by Crippen LogP contribution is -2.50. The Balaban J connectivity index is 3.60. The number of amides is 1. The fourth-order valence-corrected chi connectivity index (χ4v) is 7.04. The van der Waals surface area contributed by atoms with Gasteiger partial charge in [0.15, 0.2) is 0 Å². The molecule has 0 spiro atoms. The first kappa shape index (κ1) is 49.8. The molecule has 0 aromatic rings. The number of aliphatic hydroxyl groups is 3. The van der Waals surface area contributed by atoms with E-state index in [1.165, 1.54) is 173 Å². The average molecular weight is 720 g/mol. The fourth-order valence-electron chi connectivity index (χ4n) is 7.04. The van der Waals surface area contributed by atoms with Crippen LogP contribution in [0.25, 0.3) is 0 Å². The molecule has 0 aromatic carbocycles. The van der Waals surface area contributed by atoms with Gasteiger partial charge in [-0.15, -0.1) is 0 Å². The van der Waals surface area contributed by atoms with Crippen molar-refractivity contribution in [3.05, 3.63) is 24.3 Å². The van der Waals surface area contributed by atoms with Gasteiger partial charge in [0, 0.05) is 6.42 Å². The lowest BCUT2D eigenvalue weighted by molar-refractivity contribution is -0.124. The molecule has 51 heavy (non-hydrogen) atoms. The maximum Gasteiger partial charge on any atom is 0.220 e. The fraction of sp³-hybridized carbons (Fsp3) is 0.891. The Morgan fingerprint density at radius 3 is 1.24 bits per heavy atom. The zero-order valence-corrected chi connectivity index (χ0v) is 34.2. The number of hydrogen-bond donors (Lipinski definition) is 4. The second kappa shape index (κ2) is 41.6. The molecule has 3 unspecified atom stereocenters. The number of hydrogen-bond acceptors (Lipinski definition) is 4. The Hall–Kier alpha value is -1.17. The van der Waals surface area contributed by atoms with Gasteiger partial charge in [-0.05, 0) is 32.1 Å². The van der Waals surface area contributed by atoms with Crippen LogP contribution in [0.15, 0.2) is 24.3 Å². The highest BCUT2D eigenvalue weighted by atomic mass is 16.3. The summed E-state index contributed by atoms with van der Waals surface area (Å²) in [6, 6.07) is -0.837. The molecular formula is C46H89NO4. The number of aliphatic hydroxyl groups excluding tert-OH is 3. The van der Waals surface area contributed by atoms with Gasteiger partial charge >= 0.3 is 0 Å². The molecule has 5 nitrogen and oxygen atoms in total. The highest BCUT2D eigenvalue weighted by Crippen LogP contribution is 2.17. The maximum absolute atomic E-state index is 12.4. The summed E-state index contributed by atoms with van der Waals surface area (Å²) in [6.45, 7) is 4.15. The standard InChI is InChI=1S/C46H89NO4/c1-3-5-7-9-11-13-15-17-18-19-20-21-22-23-24-25-26-27-29-30-32-34-36-38-40-44(49)46(51)43(42-48)47-45(50)41-39-37-35-33-31-28-16-14-12-10-8-6-4-2/h28,31,35,37,43-44,46,48-49,51H,3-27,29-30,32-34,36,38-42H2,1-2H3,(H,47,50)/b31-28-,37-35-. The number of unbranched alkanes of at least 4 members (excludes halogenated alkanes) is 29. The lowest BCUT2D eigenvalue weighted by atomic mass is 9.99. The lowest BCUT2D eigenvalue weighted by Gasteiger charge is -2.26. The van der Waals surface area contributed by atoms with Gasteiger partial charge in [-0.1, -0.05) is 224 Å². The summed E-state index contributed by atoms with van der Waals surface area (Å²) >= 11 is 0. The minimum absolute atomic E-state index is 0.210. The number of carbonyl (C=O) groups is 1. The molecule has 0 heterocycles. The van der Waals surface area contributed by atoms with Crippen LogP contribution in [-0.4, -0.2) is 46.1 Å². The van der Waals surface area contributed by atoms with Crippen LogP contribution in [-0.2, 0) is 4.79 Å². The molecule has 0 fully saturated rings. The topological polar surface area (TPSA) is 89.8 Å². The Labute approximate surface area is 318 Å². The van der Waals surface area contributed by atoms with Gasteiger partial charge < -0.3 is 20.6 Å². The van der Waals surface area contributed by atoms with E-state index in [0.29, 0.717) is 19.3 Å². The van der Waals surface area contributed by atoms with E-state index in [4.69, 9.17) is 0 Å². The van der Waals surface area contributed by atoms with E-state index in [0.717, 1.165) is 32.1 Å². The van der Waals surface area contributed by atoms with Crippen molar-refractivity contribution in [1.82, 2.24) is 5.32 Å². The van der Waals surface area contributed by atoms with Crippen molar-refractivity contribution in [2.24, 2.45) is 0 Å². The minimum atomic E-state index is -1.16. The second-order valence-corrected chi connectivity index (χ2v) is 15.6. The summed E-state index contributed by atoms with van der Waals surface area (Å²) in [5.41, 5.74) is 0. The molecule has 0 aliphatic rings. The first-order valence-corrected chi connectivity index (χ1v) is 22.6. The third-order valence-corrected chi connectivity index (χ3v) is 10.6. The molecule has 0 rings (SSSR count). The van der Waals surface area contributed by atoms with Gasteiger partial charge in [-0.3, -0.25) is 4.79 Å². The zero-order valence-electron chi connectivity index (χ0n) is 34.2. The van der Waals surface area contributed by atoms with Crippen LogP contribution in [0.2, 0.25) is 0 Å². The molecule has 0 aliphatic heterocycles. The quantitative estimate of drug-likeness (QED) is 0.0374. The van der Waals surface area contributed by atoms with Crippen LogP contribution < -0.4 is 5.32 Å². The van der Waals surface area contributed by atoms with Gasteiger partial charge in [0.05, 0.1) is 18.8 Å². The van der Waals surface area contributed by atoms with Gasteiger partial charge in [0.1, 0.15) is 6.10 Å². The molecule has 0 saturated heterocycles. The smallest absolute Gasteiger partial charge is 0.220 e. The Kier molecular flexibility index (Phi) is 40.6. The number of carbonyl (C=O) groups excluding carboxylic acids is 1. The number of allylic oxidation sites excluding steroid dienone is 4. The van der Waals surface area contributed by atoms with Crippen molar-refractivity contribution < 1.29 is 20.1 Å². The molecule has 4 N–H and O–H groups in total. The molecule has 3 atom stereocenters. The highest BCUT2D eigenvalue weighted by Gasteiger charge is 2.26. The largest absolute Gasteiger partial charge is 0.394 e. The number of nitrogens with one attached hydrogen (secondary N) is 1. The Morgan fingerprint density at radius 2 is 0.843 bits per heavy atom. The third kappa shape index (κ3) is 37.0. The molecule has 0 aromatic heterocycles. The molecule has 0 saturated carbocycles. The monoisotopic (exact) mass is 720 g/mol. The van der Waals surface area contributed by atoms with Crippen molar-refractivity contribution in [1.29, 1.82) is 0 Å². The first-order valence-electron chi connectivity index (χ1n) is 22.6. The molecule has 0 bridgehead atoms. The van der Waals surface area contributed by atoms with E-state index in [1.807, 2.05) is 6.08 Å². The zero-order chi connectivity index (χ0) is 37.3. The van der Waals surface area contributed by atoms with Gasteiger partial charge in [-0.25, -0.2) is 0 Å². The van der Waals surface area contributed by atoms with Crippen LogP contribution in [0, 0.1) is 0 Å². The van der Waals surface area contributed by atoms with E-state index in [-0.39, 0.29) is 12.5 Å². The molecule has 1 amide bonds. The van der Waals surface area contributed by atoms with E-state index >= 15 is 0 Å². The third-order valence-electron chi connectivity index (χ3n) is 10.6. The number of rotatable bonds is 41. The van der Waals surface area contributed by atoms with Crippen LogP contribution in [0.3, 0.4) is 0 Å². The second-order valence-electron chi connectivity index (χ2n) is 15.6. The van der Waals surface area contributed by atoms with Crippen molar-refractivity contribution in [2.75, 3.05) is 6.61 Å².